The maximum Gasteiger partial charge on any atom is 0.274 e. The van der Waals surface area contributed by atoms with Crippen LogP contribution in [0.2, 0.25) is 0 Å². The molecule has 1 saturated heterocycles. The smallest absolute Gasteiger partial charge is 0.274 e. The highest BCUT2D eigenvalue weighted by atomic mass is 16.5. The molecule has 0 radical (unpaired) electrons. The van der Waals surface area contributed by atoms with Crippen molar-refractivity contribution >= 4 is 23.4 Å². The van der Waals surface area contributed by atoms with Crippen molar-refractivity contribution in [2.45, 2.75) is 47.5 Å². The zero-order chi connectivity index (χ0) is 25.5. The van der Waals surface area contributed by atoms with Crippen LogP contribution in [0.15, 0.2) is 30.3 Å². The molecular weight excluding hydrogens is 430 g/mol. The van der Waals surface area contributed by atoms with Gasteiger partial charge in [0, 0.05) is 45.5 Å². The number of carbonyl (C=O) groups excluding carboxylic acids is 1. The van der Waals surface area contributed by atoms with Crippen LogP contribution in [0.25, 0.3) is 0 Å². The molecule has 2 aromatic rings. The molecule has 0 saturated carbocycles. The van der Waals surface area contributed by atoms with Crippen LogP contribution in [0, 0.1) is 0 Å². The average Bonchev–Trinajstić information content (AvgIpc) is 2.90. The first-order valence-electron chi connectivity index (χ1n) is 12.3. The Balaban J connectivity index is 0.00000137. The van der Waals surface area contributed by atoms with Crippen molar-refractivity contribution in [3.05, 3.63) is 41.6 Å². The molecule has 1 amide bonds. The lowest BCUT2D eigenvalue weighted by molar-refractivity contribution is 0.102. The predicted octanol–water partition coefficient (Wildman–Crippen LogP) is 4.82. The summed E-state index contributed by atoms with van der Waals surface area (Å²) in [5.41, 5.74) is 2.26. The second-order valence-corrected chi connectivity index (χ2v) is 7.66. The van der Waals surface area contributed by atoms with Gasteiger partial charge in [-0.3, -0.25) is 4.79 Å². The molecule has 190 valence electrons. The van der Waals surface area contributed by atoms with Gasteiger partial charge in [-0.1, -0.05) is 53.7 Å². The van der Waals surface area contributed by atoms with Gasteiger partial charge in [-0.25, -0.2) is 4.98 Å². The van der Waals surface area contributed by atoms with E-state index >= 15 is 0 Å². The molecule has 34 heavy (non-hydrogen) atoms. The Hall–Kier alpha value is -2.71. The number of hydrogen-bond acceptors (Lipinski definition) is 7. The van der Waals surface area contributed by atoms with Gasteiger partial charge in [0.15, 0.2) is 0 Å². The zero-order valence-corrected chi connectivity index (χ0v) is 22.2. The molecule has 1 aromatic heterocycles. The summed E-state index contributed by atoms with van der Waals surface area (Å²) in [5.74, 6) is 1.36. The lowest BCUT2D eigenvalue weighted by atomic mass is 10.0. The number of ether oxygens (including phenoxy) is 2. The SMILES string of the molecule is CC.CC.COCCN(C)c1cc(C(=O)Nc2cccc(C(C)C)c2)nc(N2CCOCC2)n1. The van der Waals surface area contributed by atoms with E-state index in [1.54, 1.807) is 13.2 Å². The van der Waals surface area contributed by atoms with E-state index in [2.05, 4.69) is 35.2 Å². The largest absolute Gasteiger partial charge is 0.383 e. The van der Waals surface area contributed by atoms with Gasteiger partial charge in [-0.05, 0) is 23.6 Å². The third-order valence-electron chi connectivity index (χ3n) is 5.06. The summed E-state index contributed by atoms with van der Waals surface area (Å²) in [5, 5.41) is 2.98. The number of amides is 1. The number of benzene rings is 1. The van der Waals surface area contributed by atoms with E-state index in [1.165, 1.54) is 5.56 Å². The van der Waals surface area contributed by atoms with Crippen molar-refractivity contribution in [3.8, 4) is 0 Å². The third kappa shape index (κ3) is 8.91. The minimum absolute atomic E-state index is 0.255. The molecule has 0 unspecified atom stereocenters. The topological polar surface area (TPSA) is 79.8 Å². The Kier molecular flexibility index (Phi) is 13.8. The lowest BCUT2D eigenvalue weighted by Gasteiger charge is -2.28. The van der Waals surface area contributed by atoms with Crippen LogP contribution in [0.4, 0.5) is 17.5 Å². The minimum atomic E-state index is -0.255. The molecule has 1 N–H and O–H groups in total. The molecular formula is C26H43N5O3. The van der Waals surface area contributed by atoms with E-state index in [-0.39, 0.29) is 5.91 Å². The standard InChI is InChI=1S/C22H31N5O3.2C2H6/c1-16(2)17-6-5-7-18(14-17)23-21(28)19-15-20(26(3)8-11-29-4)25-22(24-19)27-9-12-30-13-10-27;2*1-2/h5-7,14-16H,8-13H2,1-4H3,(H,23,28);2*1-2H3. The first-order valence-corrected chi connectivity index (χ1v) is 12.3. The maximum absolute atomic E-state index is 13.0. The third-order valence-corrected chi connectivity index (χ3v) is 5.06. The van der Waals surface area contributed by atoms with E-state index in [0.29, 0.717) is 62.8 Å². The molecule has 3 rings (SSSR count). The lowest BCUT2D eigenvalue weighted by Crippen LogP contribution is -2.38. The molecule has 0 atom stereocenters. The molecule has 2 heterocycles. The number of methoxy groups -OCH3 is 1. The fourth-order valence-corrected chi connectivity index (χ4v) is 3.15. The predicted molar refractivity (Wildman–Crippen MR) is 141 cm³/mol. The van der Waals surface area contributed by atoms with Crippen molar-refractivity contribution in [1.82, 2.24) is 9.97 Å². The number of aromatic nitrogens is 2. The van der Waals surface area contributed by atoms with Crippen molar-refractivity contribution in [2.24, 2.45) is 0 Å². The number of likely N-dealkylation sites (N-methyl/N-ethyl adjacent to an activating group) is 1. The molecule has 0 bridgehead atoms. The Bertz CT molecular complexity index is 854. The molecule has 1 fully saturated rings. The minimum Gasteiger partial charge on any atom is -0.383 e. The van der Waals surface area contributed by atoms with Gasteiger partial charge in [0.25, 0.3) is 5.91 Å². The molecule has 1 aliphatic rings. The highest BCUT2D eigenvalue weighted by Crippen LogP contribution is 2.21. The molecule has 0 aliphatic carbocycles. The first-order chi connectivity index (χ1) is 16.5. The number of hydrogen-bond donors (Lipinski definition) is 1. The van der Waals surface area contributed by atoms with Gasteiger partial charge in [0.05, 0.1) is 19.8 Å². The summed E-state index contributed by atoms with van der Waals surface area (Å²) in [6.45, 7) is 16.1. The van der Waals surface area contributed by atoms with Crippen LogP contribution in [0.5, 0.6) is 0 Å². The van der Waals surface area contributed by atoms with E-state index in [0.717, 1.165) is 5.69 Å². The van der Waals surface area contributed by atoms with Crippen LogP contribution in [0.1, 0.15) is 63.5 Å². The Morgan fingerprint density at radius 1 is 1.15 bits per heavy atom. The fourth-order valence-electron chi connectivity index (χ4n) is 3.15. The molecule has 8 nitrogen and oxygen atoms in total. The monoisotopic (exact) mass is 473 g/mol. The number of rotatable bonds is 8. The second-order valence-electron chi connectivity index (χ2n) is 7.66. The molecule has 1 aliphatic heterocycles. The van der Waals surface area contributed by atoms with E-state index in [9.17, 15) is 4.79 Å². The van der Waals surface area contributed by atoms with E-state index < -0.39 is 0 Å². The van der Waals surface area contributed by atoms with E-state index in [1.807, 2.05) is 62.7 Å². The highest BCUT2D eigenvalue weighted by molar-refractivity contribution is 6.03. The number of carbonyl (C=O) groups is 1. The first kappa shape index (κ1) is 29.3. The molecule has 1 aromatic carbocycles. The van der Waals surface area contributed by atoms with Crippen molar-refractivity contribution < 1.29 is 14.3 Å². The Morgan fingerprint density at radius 3 is 2.44 bits per heavy atom. The van der Waals surface area contributed by atoms with Crippen LogP contribution in [-0.2, 0) is 9.47 Å². The summed E-state index contributed by atoms with van der Waals surface area (Å²) in [4.78, 5) is 26.3. The number of anilines is 3. The van der Waals surface area contributed by atoms with Crippen LogP contribution in [0.3, 0.4) is 0 Å². The van der Waals surface area contributed by atoms with Gasteiger partial charge in [0.2, 0.25) is 5.95 Å². The summed E-state index contributed by atoms with van der Waals surface area (Å²) in [6, 6.07) is 9.62. The number of nitrogens with zero attached hydrogens (tertiary/aromatic N) is 4. The highest BCUT2D eigenvalue weighted by Gasteiger charge is 2.20. The maximum atomic E-state index is 13.0. The van der Waals surface area contributed by atoms with Gasteiger partial charge in [0.1, 0.15) is 11.5 Å². The quantitative estimate of drug-likeness (QED) is 0.588. The van der Waals surface area contributed by atoms with Gasteiger partial charge < -0.3 is 24.6 Å². The van der Waals surface area contributed by atoms with Gasteiger partial charge in [-0.15, -0.1) is 0 Å². The summed E-state index contributed by atoms with van der Waals surface area (Å²) in [7, 11) is 3.59. The van der Waals surface area contributed by atoms with Crippen molar-refractivity contribution in [1.29, 1.82) is 0 Å². The fraction of sp³-hybridized carbons (Fsp3) is 0.577. The second kappa shape index (κ2) is 16.0. The Labute approximate surface area is 205 Å². The van der Waals surface area contributed by atoms with E-state index in [4.69, 9.17) is 9.47 Å². The number of nitrogens with one attached hydrogen (secondary N) is 1. The zero-order valence-electron chi connectivity index (χ0n) is 22.2. The summed E-state index contributed by atoms with van der Waals surface area (Å²) < 4.78 is 10.6. The average molecular weight is 474 g/mol. The molecule has 0 spiro atoms. The van der Waals surface area contributed by atoms with Crippen LogP contribution >= 0.6 is 0 Å². The normalized spacial score (nSPS) is 12.8. The number of morpholine rings is 1. The van der Waals surface area contributed by atoms with Crippen LogP contribution < -0.4 is 15.1 Å². The summed E-state index contributed by atoms with van der Waals surface area (Å²) >= 11 is 0. The van der Waals surface area contributed by atoms with Crippen LogP contribution in [-0.4, -0.2) is 69.5 Å². The van der Waals surface area contributed by atoms with Crippen molar-refractivity contribution in [3.63, 3.8) is 0 Å². The molecule has 8 heteroatoms. The Morgan fingerprint density at radius 2 is 1.82 bits per heavy atom. The van der Waals surface area contributed by atoms with Gasteiger partial charge >= 0.3 is 0 Å². The summed E-state index contributed by atoms with van der Waals surface area (Å²) in [6.07, 6.45) is 0. The van der Waals surface area contributed by atoms with Crippen molar-refractivity contribution in [2.75, 3.05) is 68.7 Å². The van der Waals surface area contributed by atoms with Gasteiger partial charge in [-0.2, -0.15) is 4.98 Å².